The van der Waals surface area contributed by atoms with Crippen molar-refractivity contribution < 1.29 is 14.3 Å². The van der Waals surface area contributed by atoms with Crippen molar-refractivity contribution >= 4 is 79.1 Å². The topological polar surface area (TPSA) is 47.9 Å². The Morgan fingerprint density at radius 1 is 1.06 bits per heavy atom. The Morgan fingerprint density at radius 2 is 1.74 bits per heavy atom. The van der Waals surface area contributed by atoms with E-state index in [1.54, 1.807) is 6.08 Å². The van der Waals surface area contributed by atoms with Crippen molar-refractivity contribution in [1.82, 2.24) is 0 Å². The average Bonchev–Trinajstić information content (AvgIpc) is 3.09. The Labute approximate surface area is 216 Å². The summed E-state index contributed by atoms with van der Waals surface area (Å²) in [6.07, 6.45) is 1.75. The molecule has 0 bridgehead atoms. The fourth-order valence-corrected chi connectivity index (χ4v) is 5.59. The van der Waals surface area contributed by atoms with Crippen LogP contribution in [0.3, 0.4) is 0 Å². The van der Waals surface area contributed by atoms with Crippen molar-refractivity contribution in [2.45, 2.75) is 13.5 Å². The van der Waals surface area contributed by atoms with Gasteiger partial charge in [0.05, 0.1) is 7.14 Å². The number of hydrogen-bond donors (Lipinski definition) is 0. The zero-order valence-electron chi connectivity index (χ0n) is 16.4. The molecule has 0 unspecified atom stereocenters. The number of aliphatic imine (C=N–C) groups is 1. The molecule has 0 amide bonds. The summed E-state index contributed by atoms with van der Waals surface area (Å²) >= 11 is 8.05. The normalized spacial score (nSPS) is 14.5. The molecular weight excluding hydrogens is 684 g/mol. The van der Waals surface area contributed by atoms with Crippen molar-refractivity contribution in [3.63, 3.8) is 0 Å². The molecule has 1 aliphatic heterocycles. The molecule has 1 aliphatic rings. The molecule has 1 heterocycles. The number of carbonyl (C=O) groups excluding carboxylic acids is 1. The summed E-state index contributed by atoms with van der Waals surface area (Å²) < 4.78 is 14.4. The van der Waals surface area contributed by atoms with Gasteiger partial charge in [0, 0.05) is 15.6 Å². The zero-order valence-corrected chi connectivity index (χ0v) is 22.3. The summed E-state index contributed by atoms with van der Waals surface area (Å²) in [6, 6.07) is 19.6. The van der Waals surface area contributed by atoms with Crippen molar-refractivity contribution in [2.75, 3.05) is 0 Å². The smallest absolute Gasteiger partial charge is 0.363 e. The van der Waals surface area contributed by atoms with Crippen LogP contribution in [0, 0.1) is 14.1 Å². The number of ether oxygens (including phenoxy) is 2. The largest absolute Gasteiger partial charge is 0.487 e. The highest BCUT2D eigenvalue weighted by Gasteiger charge is 2.25. The van der Waals surface area contributed by atoms with E-state index in [0.29, 0.717) is 12.5 Å². The van der Waals surface area contributed by atoms with Crippen LogP contribution in [0.4, 0.5) is 0 Å². The number of carbonyl (C=O) groups is 1. The van der Waals surface area contributed by atoms with Crippen LogP contribution in [-0.2, 0) is 16.1 Å². The van der Waals surface area contributed by atoms with Crippen LogP contribution in [0.25, 0.3) is 6.08 Å². The van der Waals surface area contributed by atoms with Gasteiger partial charge in [-0.3, -0.25) is 0 Å². The van der Waals surface area contributed by atoms with E-state index in [4.69, 9.17) is 9.47 Å². The van der Waals surface area contributed by atoms with Gasteiger partial charge >= 0.3 is 5.97 Å². The molecule has 4 nitrogen and oxygen atoms in total. The van der Waals surface area contributed by atoms with E-state index in [1.165, 1.54) is 0 Å². The van der Waals surface area contributed by atoms with E-state index < -0.39 is 5.97 Å². The maximum absolute atomic E-state index is 12.4. The number of rotatable bonds is 5. The monoisotopic (exact) mass is 699 g/mol. The molecule has 3 aromatic carbocycles. The van der Waals surface area contributed by atoms with Gasteiger partial charge < -0.3 is 9.47 Å². The third-order valence-electron chi connectivity index (χ3n) is 4.65. The van der Waals surface area contributed by atoms with E-state index in [1.807, 2.05) is 67.6 Å². The first-order valence-electron chi connectivity index (χ1n) is 9.36. The molecule has 0 atom stereocenters. The van der Waals surface area contributed by atoms with Gasteiger partial charge in [0.25, 0.3) is 0 Å². The molecule has 0 radical (unpaired) electrons. The first kappa shape index (κ1) is 22.5. The first-order valence-corrected chi connectivity index (χ1v) is 12.3. The van der Waals surface area contributed by atoms with Crippen molar-refractivity contribution in [3.8, 4) is 5.75 Å². The van der Waals surface area contributed by atoms with Gasteiger partial charge in [-0.1, -0.05) is 52.3 Å². The SMILES string of the molecule is Cc1ccccc1C1=N/C(=C\c2cc(I)c(OCc3ccccc3Br)c(I)c2)C(=O)O1. The highest BCUT2D eigenvalue weighted by molar-refractivity contribution is 14.1. The second-order valence-corrected chi connectivity index (χ2v) is 10.0. The first-order chi connectivity index (χ1) is 14.9. The summed E-state index contributed by atoms with van der Waals surface area (Å²) in [4.78, 5) is 16.8. The van der Waals surface area contributed by atoms with E-state index in [2.05, 4.69) is 66.1 Å². The van der Waals surface area contributed by atoms with E-state index in [-0.39, 0.29) is 5.70 Å². The molecule has 156 valence electrons. The number of cyclic esters (lactones) is 1. The molecule has 0 aromatic heterocycles. The quantitative estimate of drug-likeness (QED) is 0.166. The molecule has 0 saturated heterocycles. The van der Waals surface area contributed by atoms with Crippen LogP contribution in [0.5, 0.6) is 5.75 Å². The minimum atomic E-state index is -0.447. The lowest BCUT2D eigenvalue weighted by Crippen LogP contribution is -2.06. The highest BCUT2D eigenvalue weighted by atomic mass is 127. The van der Waals surface area contributed by atoms with Crippen LogP contribution < -0.4 is 4.74 Å². The number of hydrogen-bond acceptors (Lipinski definition) is 4. The van der Waals surface area contributed by atoms with Gasteiger partial charge in [0.15, 0.2) is 5.70 Å². The number of benzene rings is 3. The minimum Gasteiger partial charge on any atom is -0.487 e. The van der Waals surface area contributed by atoms with Crippen LogP contribution >= 0.6 is 61.1 Å². The molecule has 0 spiro atoms. The Hall–Kier alpha value is -1.72. The maximum Gasteiger partial charge on any atom is 0.363 e. The predicted octanol–water partition coefficient (Wildman–Crippen LogP) is 6.89. The zero-order chi connectivity index (χ0) is 22.0. The summed E-state index contributed by atoms with van der Waals surface area (Å²) in [5.41, 5.74) is 4.05. The number of halogens is 3. The lowest BCUT2D eigenvalue weighted by atomic mass is 10.1. The van der Waals surface area contributed by atoms with E-state index in [9.17, 15) is 4.79 Å². The van der Waals surface area contributed by atoms with Gasteiger partial charge in [-0.05, 0) is 93.6 Å². The van der Waals surface area contributed by atoms with Gasteiger partial charge in [0.1, 0.15) is 12.4 Å². The summed E-state index contributed by atoms with van der Waals surface area (Å²) in [6.45, 7) is 2.43. The van der Waals surface area contributed by atoms with Crippen molar-refractivity contribution in [3.05, 3.63) is 100 Å². The number of aryl methyl sites for hydroxylation is 1. The van der Waals surface area contributed by atoms with Crippen LogP contribution in [0.15, 0.2) is 75.8 Å². The number of esters is 1. The molecule has 0 N–H and O–H groups in total. The van der Waals surface area contributed by atoms with Gasteiger partial charge in [-0.25, -0.2) is 9.79 Å². The second-order valence-electron chi connectivity index (χ2n) is 6.84. The van der Waals surface area contributed by atoms with Crippen LogP contribution in [0.1, 0.15) is 22.3 Å². The molecular formula is C24H16BrI2NO3. The van der Waals surface area contributed by atoms with Gasteiger partial charge in [-0.2, -0.15) is 0 Å². The molecule has 0 aliphatic carbocycles. The molecule has 31 heavy (non-hydrogen) atoms. The molecule has 4 rings (SSSR count). The average molecular weight is 700 g/mol. The third-order valence-corrected chi connectivity index (χ3v) is 7.03. The van der Waals surface area contributed by atoms with Gasteiger partial charge in [0.2, 0.25) is 5.90 Å². The third kappa shape index (κ3) is 5.20. The van der Waals surface area contributed by atoms with Crippen molar-refractivity contribution in [2.24, 2.45) is 4.99 Å². The predicted molar refractivity (Wildman–Crippen MR) is 142 cm³/mol. The van der Waals surface area contributed by atoms with Crippen molar-refractivity contribution in [1.29, 1.82) is 0 Å². The Balaban J connectivity index is 1.58. The van der Waals surface area contributed by atoms with E-state index >= 15 is 0 Å². The van der Waals surface area contributed by atoms with Crippen LogP contribution in [0.2, 0.25) is 0 Å². The minimum absolute atomic E-state index is 0.284. The summed E-state index contributed by atoms with van der Waals surface area (Å²) in [5.74, 6) is 0.710. The second kappa shape index (κ2) is 9.83. The maximum atomic E-state index is 12.4. The molecule has 3 aromatic rings. The van der Waals surface area contributed by atoms with E-state index in [0.717, 1.165) is 39.6 Å². The number of nitrogens with zero attached hydrogens (tertiary/aromatic N) is 1. The lowest BCUT2D eigenvalue weighted by molar-refractivity contribution is -0.129. The fourth-order valence-electron chi connectivity index (χ4n) is 3.06. The summed E-state index contributed by atoms with van der Waals surface area (Å²) in [7, 11) is 0. The lowest BCUT2D eigenvalue weighted by Gasteiger charge is -2.12. The van der Waals surface area contributed by atoms with Crippen LogP contribution in [-0.4, -0.2) is 11.9 Å². The summed E-state index contributed by atoms with van der Waals surface area (Å²) in [5, 5.41) is 0. The molecule has 0 fully saturated rings. The fraction of sp³-hybridized carbons (Fsp3) is 0.0833. The Morgan fingerprint density at radius 3 is 2.45 bits per heavy atom. The molecule has 0 saturated carbocycles. The molecule has 7 heteroatoms. The van der Waals surface area contributed by atoms with Gasteiger partial charge in [-0.15, -0.1) is 0 Å². The standard InChI is InChI=1S/C24H16BrI2NO3/c1-14-6-2-4-8-17(14)23-28-21(24(29)31-23)12-15-10-19(26)22(20(27)11-15)30-13-16-7-3-5-9-18(16)25/h2-12H,13H2,1H3/b21-12-. The highest BCUT2D eigenvalue weighted by Crippen LogP contribution is 2.32. The Kier molecular flexibility index (Phi) is 7.12. The Bertz CT molecular complexity index is 1210.